The van der Waals surface area contributed by atoms with Gasteiger partial charge in [0.15, 0.2) is 0 Å². The molecule has 9 heavy (non-hydrogen) atoms. The van der Waals surface area contributed by atoms with E-state index in [-0.39, 0.29) is 0 Å². The van der Waals surface area contributed by atoms with Gasteiger partial charge >= 0.3 is 0 Å². The normalized spacial score (nSPS) is 17.3. The van der Waals surface area contributed by atoms with Crippen molar-refractivity contribution in [1.29, 1.82) is 0 Å². The van der Waals surface area contributed by atoms with E-state index in [9.17, 15) is 0 Å². The van der Waals surface area contributed by atoms with Crippen LogP contribution in [0.25, 0.3) is 0 Å². The summed E-state index contributed by atoms with van der Waals surface area (Å²) in [6.07, 6.45) is 2.09. The Morgan fingerprint density at radius 3 is 2.33 bits per heavy atom. The van der Waals surface area contributed by atoms with Gasteiger partial charge in [-0.3, -0.25) is 0 Å². The molecule has 0 aliphatic carbocycles. The van der Waals surface area contributed by atoms with Gasteiger partial charge < -0.3 is 5.11 Å². The first-order valence-electron chi connectivity index (χ1n) is 3.07. The highest BCUT2D eigenvalue weighted by Crippen LogP contribution is 2.19. The number of aliphatic hydroxyl groups is 1. The molecule has 0 heterocycles. The van der Waals surface area contributed by atoms with Crippen molar-refractivity contribution in [2.75, 3.05) is 6.61 Å². The van der Waals surface area contributed by atoms with Crippen LogP contribution in [0.3, 0.4) is 0 Å². The van der Waals surface area contributed by atoms with E-state index in [1.807, 2.05) is 0 Å². The maximum atomic E-state index is 8.49. The zero-order chi connectivity index (χ0) is 7.28. The lowest BCUT2D eigenvalue weighted by atomic mass is 10.2. The van der Waals surface area contributed by atoms with Crippen molar-refractivity contribution in [3.63, 3.8) is 0 Å². The molecule has 0 bridgehead atoms. The third kappa shape index (κ3) is 5.84. The minimum Gasteiger partial charge on any atom is -0.396 e. The fourth-order valence-electron chi connectivity index (χ4n) is 0.516. The van der Waals surface area contributed by atoms with Gasteiger partial charge in [-0.1, -0.05) is 52.1 Å². The quantitative estimate of drug-likeness (QED) is 0.607. The smallest absolute Gasteiger partial charge is 0.0431 e. The fourth-order valence-corrected chi connectivity index (χ4v) is 1.32. The first-order chi connectivity index (χ1) is 4.18. The first kappa shape index (κ1) is 10.4. The van der Waals surface area contributed by atoms with E-state index in [2.05, 4.69) is 52.1 Å². The summed E-state index contributed by atoms with van der Waals surface area (Å²) >= 11 is 4.86. The predicted octanol–water partition coefficient (Wildman–Crippen LogP) is 2.39. The zero-order valence-electron chi connectivity index (χ0n) is 5.48. The zero-order valence-corrected chi connectivity index (χ0v) is 9.79. The maximum Gasteiger partial charge on any atom is 0.0431 e. The molecule has 1 N–H and O–H groups in total. The molecule has 0 radical (unpaired) electrons. The minimum absolute atomic E-state index is 0.336. The van der Waals surface area contributed by atoms with Crippen LogP contribution in [0.4, 0.5) is 0 Å². The Kier molecular flexibility index (Phi) is 7.12. The average molecular weight is 354 g/mol. The third-order valence-corrected chi connectivity index (χ3v) is 5.08. The molecule has 0 saturated heterocycles. The minimum atomic E-state index is 0.336. The van der Waals surface area contributed by atoms with E-state index in [1.165, 1.54) is 0 Å². The SMILES string of the molecule is CC(I)C(I)CCCO. The van der Waals surface area contributed by atoms with Gasteiger partial charge in [-0.15, -0.1) is 0 Å². The van der Waals surface area contributed by atoms with Crippen LogP contribution in [0.5, 0.6) is 0 Å². The highest BCUT2D eigenvalue weighted by atomic mass is 127. The van der Waals surface area contributed by atoms with Crippen LogP contribution in [0, 0.1) is 0 Å². The molecule has 0 rings (SSSR count). The standard InChI is InChI=1S/C6H12I2O/c1-5(7)6(8)3-2-4-9/h5-6,9H,2-4H2,1H3. The molecule has 56 valence electrons. The second-order valence-corrected chi connectivity index (χ2v) is 5.62. The van der Waals surface area contributed by atoms with Gasteiger partial charge in [0.25, 0.3) is 0 Å². The predicted molar refractivity (Wildman–Crippen MR) is 57.6 cm³/mol. The van der Waals surface area contributed by atoms with Gasteiger partial charge in [0.2, 0.25) is 0 Å². The van der Waals surface area contributed by atoms with Gasteiger partial charge in [0.05, 0.1) is 0 Å². The second-order valence-electron chi connectivity index (χ2n) is 2.06. The Balaban J connectivity index is 3.16. The number of halogens is 2. The molecule has 0 aromatic carbocycles. The molecular formula is C6H12I2O. The van der Waals surface area contributed by atoms with Crippen molar-refractivity contribution in [1.82, 2.24) is 0 Å². The van der Waals surface area contributed by atoms with Gasteiger partial charge in [-0.2, -0.15) is 0 Å². The monoisotopic (exact) mass is 354 g/mol. The van der Waals surface area contributed by atoms with Crippen molar-refractivity contribution in [2.24, 2.45) is 0 Å². The topological polar surface area (TPSA) is 20.2 Å². The Morgan fingerprint density at radius 1 is 1.44 bits per heavy atom. The third-order valence-electron chi connectivity index (χ3n) is 1.14. The molecule has 0 amide bonds. The number of alkyl halides is 2. The second kappa shape index (κ2) is 6.15. The van der Waals surface area contributed by atoms with E-state index in [4.69, 9.17) is 5.11 Å². The van der Waals surface area contributed by atoms with Crippen LogP contribution in [0.15, 0.2) is 0 Å². The van der Waals surface area contributed by atoms with E-state index in [0.717, 1.165) is 20.7 Å². The Bertz CT molecular complexity index is 66.1. The molecule has 0 aromatic heterocycles. The molecule has 2 atom stereocenters. The van der Waals surface area contributed by atoms with Gasteiger partial charge in [-0.05, 0) is 12.8 Å². The molecule has 3 heteroatoms. The summed E-state index contributed by atoms with van der Waals surface area (Å²) in [5.74, 6) is 0. The van der Waals surface area contributed by atoms with Gasteiger partial charge in [0, 0.05) is 14.5 Å². The summed E-state index contributed by atoms with van der Waals surface area (Å²) in [6.45, 7) is 2.54. The first-order valence-corrected chi connectivity index (χ1v) is 5.56. The van der Waals surface area contributed by atoms with E-state index < -0.39 is 0 Å². The molecule has 0 aromatic rings. The highest BCUT2D eigenvalue weighted by molar-refractivity contribution is 14.1. The maximum absolute atomic E-state index is 8.49. The molecule has 0 aliphatic heterocycles. The van der Waals surface area contributed by atoms with Crippen LogP contribution >= 0.6 is 45.2 Å². The van der Waals surface area contributed by atoms with Crippen LogP contribution in [-0.4, -0.2) is 19.6 Å². The molecule has 0 saturated carbocycles. The van der Waals surface area contributed by atoms with E-state index in [0.29, 0.717) is 6.61 Å². The van der Waals surface area contributed by atoms with Crippen molar-refractivity contribution in [2.45, 2.75) is 27.6 Å². The van der Waals surface area contributed by atoms with Crippen molar-refractivity contribution in [3.05, 3.63) is 0 Å². The van der Waals surface area contributed by atoms with Crippen LogP contribution in [-0.2, 0) is 0 Å². The molecule has 1 nitrogen and oxygen atoms in total. The van der Waals surface area contributed by atoms with Crippen molar-refractivity contribution in [3.8, 4) is 0 Å². The average Bonchev–Trinajstić information content (AvgIpc) is 1.82. The van der Waals surface area contributed by atoms with E-state index >= 15 is 0 Å². The number of hydrogen-bond donors (Lipinski definition) is 1. The Morgan fingerprint density at radius 2 is 2.00 bits per heavy atom. The summed E-state index contributed by atoms with van der Waals surface area (Å²) in [5.41, 5.74) is 0. The molecule has 0 spiro atoms. The number of aliphatic hydroxyl groups excluding tert-OH is 1. The summed E-state index contributed by atoms with van der Waals surface area (Å²) in [6, 6.07) is 0. The van der Waals surface area contributed by atoms with Crippen LogP contribution in [0.1, 0.15) is 19.8 Å². The largest absolute Gasteiger partial charge is 0.396 e. The highest BCUT2D eigenvalue weighted by Gasteiger charge is 2.08. The summed E-state index contributed by atoms with van der Waals surface area (Å²) in [7, 11) is 0. The summed E-state index contributed by atoms with van der Waals surface area (Å²) < 4.78 is 1.44. The molecule has 0 fully saturated rings. The van der Waals surface area contributed by atoms with Gasteiger partial charge in [-0.25, -0.2) is 0 Å². The molecular weight excluding hydrogens is 342 g/mol. The van der Waals surface area contributed by atoms with Crippen LogP contribution in [0.2, 0.25) is 0 Å². The van der Waals surface area contributed by atoms with Crippen LogP contribution < -0.4 is 0 Å². The van der Waals surface area contributed by atoms with Gasteiger partial charge in [0.1, 0.15) is 0 Å². The van der Waals surface area contributed by atoms with Crippen molar-refractivity contribution >= 4 is 45.2 Å². The Labute approximate surface area is 83.9 Å². The lowest BCUT2D eigenvalue weighted by Crippen LogP contribution is -2.09. The summed E-state index contributed by atoms with van der Waals surface area (Å²) in [4.78, 5) is 0. The fraction of sp³-hybridized carbons (Fsp3) is 1.00. The summed E-state index contributed by atoms with van der Waals surface area (Å²) in [5, 5.41) is 8.49. The van der Waals surface area contributed by atoms with Crippen molar-refractivity contribution < 1.29 is 5.11 Å². The Hall–Kier alpha value is 1.42. The molecule has 0 aliphatic rings. The molecule has 2 unspecified atom stereocenters. The lowest BCUT2D eigenvalue weighted by Gasteiger charge is -2.10. The lowest BCUT2D eigenvalue weighted by molar-refractivity contribution is 0.285. The van der Waals surface area contributed by atoms with E-state index in [1.54, 1.807) is 0 Å². The number of rotatable bonds is 4. The number of hydrogen-bond acceptors (Lipinski definition) is 1.